The zero-order chi connectivity index (χ0) is 15.5. The Bertz CT molecular complexity index is 298. The number of thioether (sulfide) groups is 1. The van der Waals surface area contributed by atoms with Gasteiger partial charge in [0.25, 0.3) is 0 Å². The quantitative estimate of drug-likeness (QED) is 0.609. The molecule has 118 valence electrons. The smallest absolute Gasteiger partial charge is 0.326 e. The summed E-state index contributed by atoms with van der Waals surface area (Å²) in [6.07, 6.45) is 5.49. The molecular formula is C14H28N2O3S. The van der Waals surface area contributed by atoms with Crippen molar-refractivity contribution in [2.45, 2.75) is 58.5 Å². The first-order valence-electron chi connectivity index (χ1n) is 7.22. The number of aliphatic carboxylic acids is 1. The van der Waals surface area contributed by atoms with E-state index in [9.17, 15) is 9.59 Å². The number of hydrogen-bond acceptors (Lipinski definition) is 3. The summed E-state index contributed by atoms with van der Waals surface area (Å²) in [4.78, 5) is 25.1. The van der Waals surface area contributed by atoms with Gasteiger partial charge in [0.2, 0.25) is 0 Å². The SMILES string of the molecule is CCCCCN(C(=O)N[C@H](CCSC)C(=O)O)C(C)C. The lowest BCUT2D eigenvalue weighted by Crippen LogP contribution is -2.50. The van der Waals surface area contributed by atoms with E-state index in [0.29, 0.717) is 13.0 Å². The largest absolute Gasteiger partial charge is 0.480 e. The van der Waals surface area contributed by atoms with E-state index in [4.69, 9.17) is 5.11 Å². The maximum atomic E-state index is 12.2. The van der Waals surface area contributed by atoms with Crippen LogP contribution in [0.15, 0.2) is 0 Å². The zero-order valence-electron chi connectivity index (χ0n) is 13.0. The molecule has 0 bridgehead atoms. The lowest BCUT2D eigenvalue weighted by molar-refractivity contribution is -0.139. The molecule has 0 fully saturated rings. The van der Waals surface area contributed by atoms with Crippen LogP contribution in [-0.4, -0.2) is 52.6 Å². The third-order valence-corrected chi connectivity index (χ3v) is 3.74. The van der Waals surface area contributed by atoms with E-state index < -0.39 is 12.0 Å². The lowest BCUT2D eigenvalue weighted by Gasteiger charge is -2.28. The van der Waals surface area contributed by atoms with Crippen LogP contribution in [0.5, 0.6) is 0 Å². The van der Waals surface area contributed by atoms with Gasteiger partial charge >= 0.3 is 12.0 Å². The fourth-order valence-electron chi connectivity index (χ4n) is 1.85. The molecule has 0 radical (unpaired) electrons. The molecule has 2 amide bonds. The molecule has 2 N–H and O–H groups in total. The van der Waals surface area contributed by atoms with Crippen molar-refractivity contribution >= 4 is 23.8 Å². The van der Waals surface area contributed by atoms with E-state index in [0.717, 1.165) is 25.0 Å². The summed E-state index contributed by atoms with van der Waals surface area (Å²) in [7, 11) is 0. The van der Waals surface area contributed by atoms with Gasteiger partial charge < -0.3 is 15.3 Å². The van der Waals surface area contributed by atoms with E-state index in [1.54, 1.807) is 16.7 Å². The van der Waals surface area contributed by atoms with Gasteiger partial charge in [0.1, 0.15) is 6.04 Å². The number of hydrogen-bond donors (Lipinski definition) is 2. The van der Waals surface area contributed by atoms with Gasteiger partial charge in [0.15, 0.2) is 0 Å². The van der Waals surface area contributed by atoms with Gasteiger partial charge in [-0.1, -0.05) is 19.8 Å². The second kappa shape index (κ2) is 10.8. The number of carboxylic acids is 1. The first-order chi connectivity index (χ1) is 9.43. The third-order valence-electron chi connectivity index (χ3n) is 3.09. The van der Waals surface area contributed by atoms with Crippen LogP contribution in [0.25, 0.3) is 0 Å². The molecule has 6 heteroatoms. The number of unbranched alkanes of at least 4 members (excludes halogenated alkanes) is 2. The number of nitrogens with zero attached hydrogens (tertiary/aromatic N) is 1. The summed E-state index contributed by atoms with van der Waals surface area (Å²) in [5.41, 5.74) is 0. The van der Waals surface area contributed by atoms with E-state index in [1.165, 1.54) is 0 Å². The summed E-state index contributed by atoms with van der Waals surface area (Å²) in [5, 5.41) is 11.8. The molecule has 0 rings (SSSR count). The summed E-state index contributed by atoms with van der Waals surface area (Å²) in [5.74, 6) is -0.251. The molecule has 5 nitrogen and oxygen atoms in total. The number of carbonyl (C=O) groups excluding carboxylic acids is 1. The maximum absolute atomic E-state index is 12.2. The van der Waals surface area contributed by atoms with Gasteiger partial charge in [-0.15, -0.1) is 0 Å². The highest BCUT2D eigenvalue weighted by atomic mass is 32.2. The summed E-state index contributed by atoms with van der Waals surface area (Å²) in [6.45, 7) is 6.68. The predicted molar refractivity (Wildman–Crippen MR) is 84.3 cm³/mol. The van der Waals surface area contributed by atoms with Gasteiger partial charge in [-0.3, -0.25) is 0 Å². The van der Waals surface area contributed by atoms with Gasteiger partial charge in [0.05, 0.1) is 0 Å². The molecule has 1 atom stereocenters. The predicted octanol–water partition coefficient (Wildman–Crippen LogP) is 2.80. The third kappa shape index (κ3) is 7.62. The molecular weight excluding hydrogens is 276 g/mol. The first kappa shape index (κ1) is 19.1. The molecule has 0 spiro atoms. The van der Waals surface area contributed by atoms with Crippen molar-refractivity contribution < 1.29 is 14.7 Å². The summed E-state index contributed by atoms with van der Waals surface area (Å²) < 4.78 is 0. The van der Waals surface area contributed by atoms with E-state index in [1.807, 2.05) is 20.1 Å². The minimum atomic E-state index is -0.968. The zero-order valence-corrected chi connectivity index (χ0v) is 13.8. The fourth-order valence-corrected chi connectivity index (χ4v) is 2.32. The second-order valence-electron chi connectivity index (χ2n) is 5.12. The monoisotopic (exact) mass is 304 g/mol. The molecule has 20 heavy (non-hydrogen) atoms. The molecule has 0 aliphatic heterocycles. The van der Waals surface area contributed by atoms with Crippen molar-refractivity contribution in [1.82, 2.24) is 10.2 Å². The molecule has 0 aromatic heterocycles. The fraction of sp³-hybridized carbons (Fsp3) is 0.857. The number of urea groups is 1. The van der Waals surface area contributed by atoms with Crippen LogP contribution in [-0.2, 0) is 4.79 Å². The topological polar surface area (TPSA) is 69.6 Å². The van der Waals surface area contributed by atoms with Crippen LogP contribution in [0.1, 0.15) is 46.5 Å². The number of carboxylic acid groups (broad SMARTS) is 1. The molecule has 0 heterocycles. The Labute approximate surface area is 126 Å². The van der Waals surface area contributed by atoms with Crippen molar-refractivity contribution in [3.8, 4) is 0 Å². The number of carbonyl (C=O) groups is 2. The molecule has 0 aliphatic carbocycles. The first-order valence-corrected chi connectivity index (χ1v) is 8.62. The molecule has 0 saturated heterocycles. The Morgan fingerprint density at radius 1 is 1.30 bits per heavy atom. The van der Waals surface area contributed by atoms with Crippen LogP contribution < -0.4 is 5.32 Å². The van der Waals surface area contributed by atoms with E-state index in [2.05, 4.69) is 12.2 Å². The van der Waals surface area contributed by atoms with Crippen LogP contribution in [0, 0.1) is 0 Å². The van der Waals surface area contributed by atoms with Gasteiger partial charge in [-0.05, 0) is 38.7 Å². The Hall–Kier alpha value is -0.910. The highest BCUT2D eigenvalue weighted by molar-refractivity contribution is 7.98. The van der Waals surface area contributed by atoms with Gasteiger partial charge in [-0.25, -0.2) is 9.59 Å². The minimum Gasteiger partial charge on any atom is -0.480 e. The normalized spacial score (nSPS) is 12.2. The average molecular weight is 304 g/mol. The Balaban J connectivity index is 4.50. The van der Waals surface area contributed by atoms with Crippen LogP contribution in [0.4, 0.5) is 4.79 Å². The Morgan fingerprint density at radius 2 is 1.95 bits per heavy atom. The molecule has 0 aliphatic rings. The van der Waals surface area contributed by atoms with Crippen LogP contribution in [0.3, 0.4) is 0 Å². The summed E-state index contributed by atoms with van der Waals surface area (Å²) in [6, 6.07) is -1.01. The van der Waals surface area contributed by atoms with Crippen molar-refractivity contribution in [1.29, 1.82) is 0 Å². The second-order valence-corrected chi connectivity index (χ2v) is 6.10. The van der Waals surface area contributed by atoms with Gasteiger partial charge in [0, 0.05) is 12.6 Å². The number of nitrogens with one attached hydrogen (secondary N) is 1. The van der Waals surface area contributed by atoms with Crippen molar-refractivity contribution in [2.24, 2.45) is 0 Å². The van der Waals surface area contributed by atoms with E-state index in [-0.39, 0.29) is 12.1 Å². The van der Waals surface area contributed by atoms with Gasteiger partial charge in [-0.2, -0.15) is 11.8 Å². The average Bonchev–Trinajstić information content (AvgIpc) is 2.38. The molecule has 0 saturated carbocycles. The molecule has 0 unspecified atom stereocenters. The highest BCUT2D eigenvalue weighted by Crippen LogP contribution is 2.06. The van der Waals surface area contributed by atoms with Crippen LogP contribution in [0.2, 0.25) is 0 Å². The number of amides is 2. The Morgan fingerprint density at radius 3 is 2.40 bits per heavy atom. The van der Waals surface area contributed by atoms with Crippen molar-refractivity contribution in [2.75, 3.05) is 18.6 Å². The molecule has 0 aromatic rings. The summed E-state index contributed by atoms with van der Waals surface area (Å²) >= 11 is 1.58. The van der Waals surface area contributed by atoms with Crippen molar-refractivity contribution in [3.05, 3.63) is 0 Å². The van der Waals surface area contributed by atoms with Crippen molar-refractivity contribution in [3.63, 3.8) is 0 Å². The number of rotatable bonds is 10. The van der Waals surface area contributed by atoms with Crippen LogP contribution >= 0.6 is 11.8 Å². The minimum absolute atomic E-state index is 0.0712. The standard InChI is InChI=1S/C14H28N2O3S/c1-5-6-7-9-16(11(2)3)14(19)15-12(13(17)18)8-10-20-4/h11-12H,5-10H2,1-4H3,(H,15,19)(H,17,18)/t12-/m1/s1. The maximum Gasteiger partial charge on any atom is 0.326 e. The van der Waals surface area contributed by atoms with E-state index >= 15 is 0 Å². The highest BCUT2D eigenvalue weighted by Gasteiger charge is 2.23. The molecule has 0 aromatic carbocycles. The lowest BCUT2D eigenvalue weighted by atomic mass is 10.2. The Kier molecular flexibility index (Phi) is 10.3.